The lowest BCUT2D eigenvalue weighted by atomic mass is 9.90. The summed E-state index contributed by atoms with van der Waals surface area (Å²) in [5, 5.41) is 1.09. The van der Waals surface area contributed by atoms with Gasteiger partial charge in [-0.3, -0.25) is 0 Å². The Labute approximate surface area is 162 Å². The lowest BCUT2D eigenvalue weighted by molar-refractivity contribution is -0.0383. The molecular formula is C20H31Cl2NO2. The molecule has 1 aromatic rings. The summed E-state index contributed by atoms with van der Waals surface area (Å²) in [6, 6.07) is 5.42. The van der Waals surface area contributed by atoms with Crippen molar-refractivity contribution < 1.29 is 9.47 Å². The van der Waals surface area contributed by atoms with E-state index in [2.05, 4.69) is 18.7 Å². The molecule has 0 amide bonds. The fraction of sp³-hybridized carbons (Fsp3) is 0.700. The fourth-order valence-electron chi connectivity index (χ4n) is 3.45. The minimum absolute atomic E-state index is 0.317. The molecule has 2 rings (SSSR count). The van der Waals surface area contributed by atoms with Crippen LogP contribution in [-0.2, 0) is 4.74 Å². The first kappa shape index (κ1) is 20.8. The SMILES string of the molecule is CCCCCN1CC[C@@H](CCOc2ccc(Cl)c(Cl)c2)[C@H](OCC)C1. The molecule has 0 spiro atoms. The van der Waals surface area contributed by atoms with Crippen LogP contribution in [0, 0.1) is 5.92 Å². The van der Waals surface area contributed by atoms with E-state index in [1.165, 1.54) is 38.8 Å². The maximum Gasteiger partial charge on any atom is 0.120 e. The van der Waals surface area contributed by atoms with Crippen LogP contribution in [0.15, 0.2) is 18.2 Å². The second-order valence-electron chi connectivity index (χ2n) is 6.76. The smallest absolute Gasteiger partial charge is 0.120 e. The van der Waals surface area contributed by atoms with Gasteiger partial charge in [-0.25, -0.2) is 0 Å². The van der Waals surface area contributed by atoms with E-state index in [9.17, 15) is 0 Å². The van der Waals surface area contributed by atoms with Crippen LogP contribution in [0.1, 0.15) is 46.0 Å². The quantitative estimate of drug-likeness (QED) is 0.482. The number of hydrogen-bond donors (Lipinski definition) is 0. The van der Waals surface area contributed by atoms with Crippen LogP contribution in [0.3, 0.4) is 0 Å². The minimum Gasteiger partial charge on any atom is -0.494 e. The summed E-state index contributed by atoms with van der Waals surface area (Å²) in [7, 11) is 0. The summed E-state index contributed by atoms with van der Waals surface area (Å²) in [5.74, 6) is 1.34. The highest BCUT2D eigenvalue weighted by Gasteiger charge is 2.29. The molecule has 142 valence electrons. The van der Waals surface area contributed by atoms with Crippen molar-refractivity contribution in [2.45, 2.75) is 52.1 Å². The number of benzene rings is 1. The van der Waals surface area contributed by atoms with Gasteiger partial charge in [0.05, 0.1) is 22.8 Å². The summed E-state index contributed by atoms with van der Waals surface area (Å²) in [6.07, 6.45) is 6.39. The van der Waals surface area contributed by atoms with Gasteiger partial charge in [0.2, 0.25) is 0 Å². The average molecular weight is 388 g/mol. The van der Waals surface area contributed by atoms with Crippen LogP contribution in [-0.4, -0.2) is 43.9 Å². The van der Waals surface area contributed by atoms with E-state index >= 15 is 0 Å². The zero-order chi connectivity index (χ0) is 18.1. The van der Waals surface area contributed by atoms with Crippen molar-refractivity contribution in [1.29, 1.82) is 0 Å². The predicted octanol–water partition coefficient (Wildman–Crippen LogP) is 5.68. The van der Waals surface area contributed by atoms with Crippen LogP contribution in [0.2, 0.25) is 10.0 Å². The van der Waals surface area contributed by atoms with E-state index in [0.717, 1.165) is 25.3 Å². The van der Waals surface area contributed by atoms with E-state index in [-0.39, 0.29) is 0 Å². The van der Waals surface area contributed by atoms with Crippen molar-refractivity contribution in [3.63, 3.8) is 0 Å². The molecule has 1 aromatic carbocycles. The number of hydrogen-bond acceptors (Lipinski definition) is 3. The van der Waals surface area contributed by atoms with Crippen molar-refractivity contribution in [2.75, 3.05) is 32.8 Å². The maximum atomic E-state index is 6.04. The third-order valence-electron chi connectivity index (χ3n) is 4.89. The van der Waals surface area contributed by atoms with Crippen molar-refractivity contribution in [1.82, 2.24) is 4.90 Å². The molecule has 2 atom stereocenters. The highest BCUT2D eigenvalue weighted by Crippen LogP contribution is 2.28. The van der Waals surface area contributed by atoms with Crippen LogP contribution < -0.4 is 4.74 Å². The largest absolute Gasteiger partial charge is 0.494 e. The first-order chi connectivity index (χ1) is 12.1. The molecule has 25 heavy (non-hydrogen) atoms. The molecule has 0 bridgehead atoms. The number of ether oxygens (including phenoxy) is 2. The van der Waals surface area contributed by atoms with Gasteiger partial charge < -0.3 is 14.4 Å². The van der Waals surface area contributed by atoms with Gasteiger partial charge >= 0.3 is 0 Å². The molecule has 1 aliphatic rings. The number of halogens is 2. The molecule has 0 N–H and O–H groups in total. The van der Waals surface area contributed by atoms with Crippen molar-refractivity contribution >= 4 is 23.2 Å². The molecule has 3 nitrogen and oxygen atoms in total. The number of rotatable bonds is 10. The highest BCUT2D eigenvalue weighted by molar-refractivity contribution is 6.42. The normalized spacial score (nSPS) is 21.4. The Morgan fingerprint density at radius 3 is 2.72 bits per heavy atom. The zero-order valence-electron chi connectivity index (χ0n) is 15.5. The Balaban J connectivity index is 1.78. The topological polar surface area (TPSA) is 21.7 Å². The summed E-state index contributed by atoms with van der Waals surface area (Å²) in [6.45, 7) is 9.21. The molecule has 0 aliphatic carbocycles. The Kier molecular flexibility index (Phi) is 9.40. The zero-order valence-corrected chi connectivity index (χ0v) is 17.0. The summed E-state index contributed by atoms with van der Waals surface area (Å²) >= 11 is 12.0. The van der Waals surface area contributed by atoms with Gasteiger partial charge in [0.25, 0.3) is 0 Å². The molecule has 0 aromatic heterocycles. The summed E-state index contributed by atoms with van der Waals surface area (Å²) in [4.78, 5) is 2.56. The molecule has 1 aliphatic heterocycles. The summed E-state index contributed by atoms with van der Waals surface area (Å²) < 4.78 is 11.9. The third-order valence-corrected chi connectivity index (χ3v) is 5.63. The Morgan fingerprint density at radius 1 is 1.16 bits per heavy atom. The van der Waals surface area contributed by atoms with Gasteiger partial charge in [0, 0.05) is 19.2 Å². The Morgan fingerprint density at radius 2 is 2.00 bits per heavy atom. The Hall–Kier alpha value is -0.480. The molecule has 1 fully saturated rings. The lowest BCUT2D eigenvalue weighted by Crippen LogP contribution is -2.45. The Bertz CT molecular complexity index is 512. The van der Waals surface area contributed by atoms with E-state index < -0.39 is 0 Å². The lowest BCUT2D eigenvalue weighted by Gasteiger charge is -2.38. The standard InChI is InChI=1S/C20H31Cl2NO2/c1-3-5-6-11-23-12-9-16(20(15-23)24-4-2)10-13-25-17-7-8-18(21)19(22)14-17/h7-8,14,16,20H,3-6,9-13,15H2,1-2H3/t16-,20+/m0/s1. The average Bonchev–Trinajstić information content (AvgIpc) is 2.60. The number of nitrogens with zero attached hydrogens (tertiary/aromatic N) is 1. The van der Waals surface area contributed by atoms with Gasteiger partial charge in [0.15, 0.2) is 0 Å². The summed E-state index contributed by atoms with van der Waals surface area (Å²) in [5.41, 5.74) is 0. The second-order valence-corrected chi connectivity index (χ2v) is 7.58. The van der Waals surface area contributed by atoms with E-state index in [0.29, 0.717) is 28.7 Å². The van der Waals surface area contributed by atoms with E-state index in [4.69, 9.17) is 32.7 Å². The fourth-order valence-corrected chi connectivity index (χ4v) is 3.73. The van der Waals surface area contributed by atoms with Gasteiger partial charge in [-0.15, -0.1) is 0 Å². The number of piperidine rings is 1. The minimum atomic E-state index is 0.317. The van der Waals surface area contributed by atoms with Crippen molar-refractivity contribution in [3.05, 3.63) is 28.2 Å². The van der Waals surface area contributed by atoms with Gasteiger partial charge in [0.1, 0.15) is 5.75 Å². The molecule has 0 saturated carbocycles. The molecule has 1 heterocycles. The van der Waals surface area contributed by atoms with Crippen LogP contribution in [0.4, 0.5) is 0 Å². The highest BCUT2D eigenvalue weighted by atomic mass is 35.5. The molecular weight excluding hydrogens is 357 g/mol. The maximum absolute atomic E-state index is 6.04. The number of unbranched alkanes of at least 4 members (excludes halogenated alkanes) is 2. The van der Waals surface area contributed by atoms with E-state index in [1.54, 1.807) is 12.1 Å². The monoisotopic (exact) mass is 387 g/mol. The predicted molar refractivity (Wildman–Crippen MR) is 106 cm³/mol. The molecule has 5 heteroatoms. The molecule has 0 unspecified atom stereocenters. The van der Waals surface area contributed by atoms with Crippen molar-refractivity contribution in [2.24, 2.45) is 5.92 Å². The van der Waals surface area contributed by atoms with Gasteiger partial charge in [-0.05, 0) is 57.3 Å². The van der Waals surface area contributed by atoms with Gasteiger partial charge in [-0.2, -0.15) is 0 Å². The second kappa shape index (κ2) is 11.3. The van der Waals surface area contributed by atoms with Crippen molar-refractivity contribution in [3.8, 4) is 5.75 Å². The number of likely N-dealkylation sites (tertiary alicyclic amines) is 1. The first-order valence-electron chi connectivity index (χ1n) is 9.55. The van der Waals surface area contributed by atoms with Gasteiger partial charge in [-0.1, -0.05) is 43.0 Å². The third kappa shape index (κ3) is 6.97. The molecule has 0 radical (unpaired) electrons. The van der Waals surface area contributed by atoms with Crippen LogP contribution in [0.25, 0.3) is 0 Å². The van der Waals surface area contributed by atoms with Crippen LogP contribution in [0.5, 0.6) is 5.75 Å². The van der Waals surface area contributed by atoms with Crippen LogP contribution >= 0.6 is 23.2 Å². The first-order valence-corrected chi connectivity index (χ1v) is 10.3. The molecule has 1 saturated heterocycles. The van der Waals surface area contributed by atoms with E-state index in [1.807, 2.05) is 6.07 Å².